The first-order chi connectivity index (χ1) is 29.3. The fourth-order valence-electron chi connectivity index (χ4n) is 9.20. The number of imidazole rings is 2. The lowest BCUT2D eigenvalue weighted by Gasteiger charge is -2.32. The second kappa shape index (κ2) is 16.7. The van der Waals surface area contributed by atoms with Crippen molar-refractivity contribution in [2.24, 2.45) is 11.8 Å². The Morgan fingerprint density at radius 3 is 2.33 bits per heavy atom. The van der Waals surface area contributed by atoms with E-state index in [0.29, 0.717) is 31.2 Å². The van der Waals surface area contributed by atoms with Gasteiger partial charge >= 0.3 is 12.2 Å². The molecule has 0 radical (unpaired) electrons. The number of rotatable bonds is 10. The van der Waals surface area contributed by atoms with Gasteiger partial charge in [0.05, 0.1) is 55.3 Å². The number of H-pyrrole nitrogens is 2. The number of hydrogen-bond donors (Lipinski definition) is 4. The topological polar surface area (TPSA) is 193 Å². The van der Waals surface area contributed by atoms with Crippen molar-refractivity contribution in [1.82, 2.24) is 40.4 Å². The molecule has 3 aliphatic heterocycles. The van der Waals surface area contributed by atoms with Gasteiger partial charge in [-0.1, -0.05) is 39.0 Å². The molecule has 3 aromatic carbocycles. The lowest BCUT2D eigenvalue weighted by Crippen LogP contribution is -2.54. The summed E-state index contributed by atoms with van der Waals surface area (Å²) in [6, 6.07) is 12.3. The number of carbonyl (C=O) groups excluding carboxylic acids is 4. The van der Waals surface area contributed by atoms with E-state index in [1.54, 1.807) is 18.0 Å². The smallest absolute Gasteiger partial charge is 0.407 e. The zero-order valence-corrected chi connectivity index (χ0v) is 35.8. The molecule has 8 rings (SSSR count). The molecule has 5 heterocycles. The first-order valence-electron chi connectivity index (χ1n) is 20.9. The van der Waals surface area contributed by atoms with E-state index in [9.17, 15) is 19.2 Å². The largest absolute Gasteiger partial charge is 0.488 e. The monoisotopic (exact) mass is 834 g/mol. The van der Waals surface area contributed by atoms with Gasteiger partial charge in [-0.2, -0.15) is 0 Å². The molecule has 0 saturated carbocycles. The van der Waals surface area contributed by atoms with Crippen molar-refractivity contribution in [3.05, 3.63) is 65.9 Å². The third-order valence-electron chi connectivity index (χ3n) is 12.6. The van der Waals surface area contributed by atoms with Crippen LogP contribution in [0.4, 0.5) is 9.59 Å². The molecule has 2 unspecified atom stereocenters. The van der Waals surface area contributed by atoms with Gasteiger partial charge in [0.15, 0.2) is 0 Å². The minimum atomic E-state index is -0.922. The summed E-state index contributed by atoms with van der Waals surface area (Å²) in [7, 11) is 4.05. The van der Waals surface area contributed by atoms with Gasteiger partial charge in [0.2, 0.25) is 11.8 Å². The molecule has 0 aliphatic carbocycles. The van der Waals surface area contributed by atoms with Crippen LogP contribution >= 0.6 is 0 Å². The summed E-state index contributed by atoms with van der Waals surface area (Å²) in [6.45, 7) is 10.6. The van der Waals surface area contributed by atoms with E-state index in [4.69, 9.17) is 28.9 Å². The Hall–Kier alpha value is -6.16. The number of hydrogen-bond acceptors (Lipinski definition) is 10. The van der Waals surface area contributed by atoms with Crippen LogP contribution in [0.1, 0.15) is 83.2 Å². The summed E-state index contributed by atoms with van der Waals surface area (Å²) in [4.78, 5) is 72.6. The summed E-state index contributed by atoms with van der Waals surface area (Å²) in [5.41, 5.74) is 6.50. The van der Waals surface area contributed by atoms with Crippen LogP contribution < -0.4 is 15.4 Å². The van der Waals surface area contributed by atoms with Crippen molar-refractivity contribution >= 4 is 45.8 Å². The van der Waals surface area contributed by atoms with E-state index in [1.807, 2.05) is 31.7 Å². The third kappa shape index (κ3) is 7.73. The summed E-state index contributed by atoms with van der Waals surface area (Å²) in [5.74, 6) is 1.81. The van der Waals surface area contributed by atoms with Crippen LogP contribution in [0.15, 0.2) is 48.7 Å². The normalized spacial score (nSPS) is 21.1. The van der Waals surface area contributed by atoms with Crippen LogP contribution in [-0.2, 0) is 30.4 Å². The van der Waals surface area contributed by atoms with Crippen LogP contribution in [-0.4, -0.2) is 106 Å². The quantitative estimate of drug-likeness (QED) is 0.117. The Morgan fingerprint density at radius 1 is 0.852 bits per heavy atom. The van der Waals surface area contributed by atoms with Gasteiger partial charge in [0.25, 0.3) is 0 Å². The molecule has 4 N–H and O–H groups in total. The molecule has 61 heavy (non-hydrogen) atoms. The van der Waals surface area contributed by atoms with Crippen molar-refractivity contribution < 1.29 is 38.1 Å². The minimum Gasteiger partial charge on any atom is -0.488 e. The fourth-order valence-corrected chi connectivity index (χ4v) is 9.20. The van der Waals surface area contributed by atoms with Gasteiger partial charge in [0, 0.05) is 30.6 Å². The number of fused-ring (bicyclic) bond motifs is 6. The highest BCUT2D eigenvalue weighted by atomic mass is 16.5. The molecule has 2 fully saturated rings. The van der Waals surface area contributed by atoms with Gasteiger partial charge in [-0.15, -0.1) is 0 Å². The average molecular weight is 835 g/mol. The molecule has 5 aromatic rings. The van der Waals surface area contributed by atoms with Gasteiger partial charge in [-0.3, -0.25) is 9.59 Å². The Bertz CT molecular complexity index is 2500. The number of carbonyl (C=O) groups is 4. The van der Waals surface area contributed by atoms with Crippen molar-refractivity contribution in [2.45, 2.75) is 96.8 Å². The molecular formula is C45H54N8O8. The van der Waals surface area contributed by atoms with Crippen molar-refractivity contribution in [1.29, 1.82) is 0 Å². The molecule has 2 aromatic heterocycles. The van der Waals surface area contributed by atoms with Gasteiger partial charge in [-0.25, -0.2) is 19.6 Å². The zero-order valence-electron chi connectivity index (χ0n) is 35.8. The van der Waals surface area contributed by atoms with Crippen LogP contribution in [0.5, 0.6) is 5.75 Å². The summed E-state index contributed by atoms with van der Waals surface area (Å²) < 4.78 is 21.5. The van der Waals surface area contributed by atoms with Gasteiger partial charge < -0.3 is 49.3 Å². The molecule has 2 saturated heterocycles. The van der Waals surface area contributed by atoms with Gasteiger partial charge in [0.1, 0.15) is 36.1 Å². The van der Waals surface area contributed by atoms with Crippen molar-refractivity contribution in [3.8, 4) is 28.1 Å². The summed E-state index contributed by atoms with van der Waals surface area (Å²) >= 11 is 0. The number of aromatic nitrogens is 4. The van der Waals surface area contributed by atoms with Crippen LogP contribution in [0.3, 0.4) is 0 Å². The third-order valence-corrected chi connectivity index (χ3v) is 12.6. The summed E-state index contributed by atoms with van der Waals surface area (Å²) in [6.07, 6.45) is 2.15. The number of alkyl carbamates (subject to hydrolysis) is 2. The van der Waals surface area contributed by atoms with E-state index >= 15 is 0 Å². The Balaban J connectivity index is 1.04. The molecular weight excluding hydrogens is 781 g/mol. The zero-order chi connectivity index (χ0) is 43.3. The number of nitrogens with one attached hydrogen (secondary N) is 4. The second-order valence-electron chi connectivity index (χ2n) is 16.9. The van der Waals surface area contributed by atoms with Crippen molar-refractivity contribution in [2.75, 3.05) is 27.9 Å². The summed E-state index contributed by atoms with van der Waals surface area (Å²) in [5, 5.41) is 7.33. The first-order valence-corrected chi connectivity index (χ1v) is 20.9. The molecule has 3 aliphatic rings. The Morgan fingerprint density at radius 2 is 1.61 bits per heavy atom. The number of amides is 4. The lowest BCUT2D eigenvalue weighted by atomic mass is 9.92. The van der Waals surface area contributed by atoms with E-state index in [0.717, 1.165) is 68.3 Å². The minimum absolute atomic E-state index is 0.0295. The van der Waals surface area contributed by atoms with E-state index in [1.165, 1.54) is 21.3 Å². The highest BCUT2D eigenvalue weighted by Gasteiger charge is 2.43. The number of benzene rings is 3. The fraction of sp³-hybridized carbons (Fsp3) is 0.467. The molecule has 322 valence electrons. The lowest BCUT2D eigenvalue weighted by molar-refractivity contribution is -0.138. The molecule has 16 heteroatoms. The highest BCUT2D eigenvalue weighted by Crippen LogP contribution is 2.44. The van der Waals surface area contributed by atoms with Crippen molar-refractivity contribution in [3.63, 3.8) is 0 Å². The molecule has 0 spiro atoms. The molecule has 16 nitrogen and oxygen atoms in total. The van der Waals surface area contributed by atoms with Crippen LogP contribution in [0, 0.1) is 11.8 Å². The van der Waals surface area contributed by atoms with Gasteiger partial charge in [-0.05, 0) is 91.3 Å². The standard InChI is InChI=1S/C45H54N8O8/c1-22(2)37(50-44(56)59-7)43(55)53-24(4)9-14-34(53)41-47-32-13-11-26-17-31-29-12-10-27(16-28(29)21-61-36(31)18-30(26)39(32)49-41)33-19-46-40(48-33)35-15-23(3)20-52(35)42(54)38(25(5)58-6)51-45(57)60-8/h10-13,16-19,22-25,34-35,37-38H,9,14-15,20-21H2,1-8H3,(H,46,48)(H,47,49)(H,50,56)(H,51,57)/t23-,24-,25?,34-,35?,37-,38-/m0/s1. The maximum absolute atomic E-state index is 14.0. The van der Waals surface area contributed by atoms with E-state index < -0.39 is 30.4 Å². The Labute approximate surface area is 354 Å². The predicted octanol–water partition coefficient (Wildman–Crippen LogP) is 6.77. The highest BCUT2D eigenvalue weighted by molar-refractivity contribution is 6.07. The second-order valence-corrected chi connectivity index (χ2v) is 16.9. The first kappa shape index (κ1) is 41.6. The number of methoxy groups -OCH3 is 3. The number of nitrogens with zero attached hydrogens (tertiary/aromatic N) is 4. The average Bonchev–Trinajstić information content (AvgIpc) is 4.08. The van der Waals surface area contributed by atoms with Crippen LogP contribution in [0.25, 0.3) is 44.2 Å². The molecule has 7 atom stereocenters. The van der Waals surface area contributed by atoms with E-state index in [2.05, 4.69) is 63.9 Å². The predicted molar refractivity (Wildman–Crippen MR) is 227 cm³/mol. The molecule has 0 bridgehead atoms. The maximum atomic E-state index is 14.0. The Kier molecular flexibility index (Phi) is 11.4. The number of likely N-dealkylation sites (tertiary alicyclic amines) is 2. The SMILES string of the molecule is COC(=O)N[C@H](C(=O)N1[C@@H](C)CC[C@H]1c1nc2c(ccc3cc4c(cc32)OCc2cc(-c3cnc(C5C[C@H](C)CN5C(=O)[C@@H](NC(=O)OC)C(C)OC)[nH]3)ccc2-4)[nH]1)C(C)C. The number of aromatic amines is 2. The van der Waals surface area contributed by atoms with E-state index in [-0.39, 0.29) is 41.8 Å². The maximum Gasteiger partial charge on any atom is 0.407 e. The van der Waals surface area contributed by atoms with Crippen LogP contribution in [0.2, 0.25) is 0 Å². The molecule has 4 amide bonds. The number of ether oxygens (including phenoxy) is 4.